The molecule has 0 aliphatic rings. The molecule has 3 aromatic rings. The van der Waals surface area contributed by atoms with Gasteiger partial charge in [-0.25, -0.2) is 8.78 Å². The number of aliphatic carboxylic acids is 1. The van der Waals surface area contributed by atoms with Gasteiger partial charge in [0.15, 0.2) is 11.6 Å². The summed E-state index contributed by atoms with van der Waals surface area (Å²) in [5.41, 5.74) is 1.63. The van der Waals surface area contributed by atoms with Crippen molar-refractivity contribution < 1.29 is 18.7 Å². The first kappa shape index (κ1) is 17.7. The highest BCUT2D eigenvalue weighted by atomic mass is 19.2. The summed E-state index contributed by atoms with van der Waals surface area (Å²) in [5.74, 6) is -2.95. The highest BCUT2D eigenvalue weighted by Crippen LogP contribution is 2.17. The van der Waals surface area contributed by atoms with E-state index in [9.17, 15) is 23.5 Å². The molecule has 0 unspecified atom stereocenters. The molecule has 1 aromatic carbocycles. The Balaban J connectivity index is 2.08. The molecule has 0 spiro atoms. The fourth-order valence-corrected chi connectivity index (χ4v) is 2.94. The van der Waals surface area contributed by atoms with Crippen LogP contribution >= 0.6 is 0 Å². The first-order valence-corrected chi connectivity index (χ1v) is 8.00. The number of rotatable bonds is 5. The number of benzene rings is 1. The van der Waals surface area contributed by atoms with Gasteiger partial charge in [-0.1, -0.05) is 12.1 Å². The van der Waals surface area contributed by atoms with E-state index in [4.69, 9.17) is 0 Å². The average Bonchev–Trinajstić information content (AvgIpc) is 2.58. The van der Waals surface area contributed by atoms with E-state index in [-0.39, 0.29) is 35.9 Å². The Bertz CT molecular complexity index is 1060. The molecule has 0 aliphatic heterocycles. The standard InChI is InChI=1S/C19H16F2N2O3/c1-11-7-15-19(22-9-11)16(24)8-13(23(15)10-17(25)26)6-5-12-3-2-4-14(20)18(12)21/h2-4,7-9H,5-6,10H2,1H3,(H,25,26). The van der Waals surface area contributed by atoms with Crippen molar-refractivity contribution in [1.29, 1.82) is 0 Å². The van der Waals surface area contributed by atoms with E-state index in [1.165, 1.54) is 29.0 Å². The molecular weight excluding hydrogens is 342 g/mol. The number of hydrogen-bond acceptors (Lipinski definition) is 3. The van der Waals surface area contributed by atoms with Crippen molar-refractivity contribution in [3.63, 3.8) is 0 Å². The van der Waals surface area contributed by atoms with Crippen LogP contribution in [0.4, 0.5) is 8.78 Å². The van der Waals surface area contributed by atoms with Crippen LogP contribution < -0.4 is 5.43 Å². The fraction of sp³-hybridized carbons (Fsp3) is 0.211. The van der Waals surface area contributed by atoms with Gasteiger partial charge in [-0.3, -0.25) is 14.6 Å². The summed E-state index contributed by atoms with van der Waals surface area (Å²) >= 11 is 0. The number of carboxylic acids is 1. The highest BCUT2D eigenvalue weighted by Gasteiger charge is 2.14. The maximum absolute atomic E-state index is 13.9. The van der Waals surface area contributed by atoms with Crippen LogP contribution in [-0.2, 0) is 24.2 Å². The van der Waals surface area contributed by atoms with Crippen LogP contribution in [0.5, 0.6) is 0 Å². The van der Waals surface area contributed by atoms with Crippen molar-refractivity contribution in [3.8, 4) is 0 Å². The van der Waals surface area contributed by atoms with Crippen LogP contribution in [0.3, 0.4) is 0 Å². The second-order valence-electron chi connectivity index (χ2n) is 6.07. The van der Waals surface area contributed by atoms with Gasteiger partial charge >= 0.3 is 5.97 Å². The third kappa shape index (κ3) is 3.46. The largest absolute Gasteiger partial charge is 0.480 e. The van der Waals surface area contributed by atoms with E-state index in [0.717, 1.165) is 11.6 Å². The maximum atomic E-state index is 13.9. The van der Waals surface area contributed by atoms with Gasteiger partial charge in [0, 0.05) is 18.0 Å². The Hall–Kier alpha value is -3.09. The zero-order valence-corrected chi connectivity index (χ0v) is 14.0. The van der Waals surface area contributed by atoms with Crippen LogP contribution in [0.25, 0.3) is 11.0 Å². The fourth-order valence-electron chi connectivity index (χ4n) is 2.94. The first-order chi connectivity index (χ1) is 12.4. The van der Waals surface area contributed by atoms with Crippen molar-refractivity contribution in [1.82, 2.24) is 9.55 Å². The van der Waals surface area contributed by atoms with Crippen LogP contribution in [0.1, 0.15) is 16.8 Å². The second-order valence-corrected chi connectivity index (χ2v) is 6.07. The normalized spacial score (nSPS) is 11.0. The minimum Gasteiger partial charge on any atom is -0.480 e. The van der Waals surface area contributed by atoms with Crippen LogP contribution in [0.2, 0.25) is 0 Å². The minimum atomic E-state index is -1.07. The van der Waals surface area contributed by atoms with Crippen molar-refractivity contribution in [2.24, 2.45) is 0 Å². The van der Waals surface area contributed by atoms with E-state index in [1.807, 2.05) is 0 Å². The Morgan fingerprint density at radius 1 is 1.23 bits per heavy atom. The van der Waals surface area contributed by atoms with Crippen LogP contribution in [0.15, 0.2) is 41.3 Å². The summed E-state index contributed by atoms with van der Waals surface area (Å²) in [6.07, 6.45) is 1.86. The van der Waals surface area contributed by atoms with E-state index in [1.54, 1.807) is 13.0 Å². The molecule has 0 saturated carbocycles. The molecule has 2 heterocycles. The zero-order valence-electron chi connectivity index (χ0n) is 14.0. The van der Waals surface area contributed by atoms with Crippen molar-refractivity contribution in [3.05, 3.63) is 75.2 Å². The zero-order chi connectivity index (χ0) is 18.8. The number of aryl methyl sites for hydroxylation is 3. The Morgan fingerprint density at radius 3 is 2.73 bits per heavy atom. The molecule has 0 amide bonds. The van der Waals surface area contributed by atoms with Gasteiger partial charge in [0.05, 0.1) is 5.52 Å². The van der Waals surface area contributed by atoms with Gasteiger partial charge in [0.25, 0.3) is 0 Å². The first-order valence-electron chi connectivity index (χ1n) is 8.00. The molecule has 0 saturated heterocycles. The summed E-state index contributed by atoms with van der Waals surface area (Å²) in [5, 5.41) is 9.23. The molecule has 1 N–H and O–H groups in total. The number of pyridine rings is 2. The summed E-state index contributed by atoms with van der Waals surface area (Å²) in [7, 11) is 0. The van der Waals surface area contributed by atoms with Crippen molar-refractivity contribution in [2.45, 2.75) is 26.3 Å². The molecule has 0 atom stereocenters. The van der Waals surface area contributed by atoms with E-state index < -0.39 is 17.6 Å². The van der Waals surface area contributed by atoms with Gasteiger partial charge < -0.3 is 9.67 Å². The lowest BCUT2D eigenvalue weighted by Crippen LogP contribution is -2.20. The molecule has 7 heteroatoms. The van der Waals surface area contributed by atoms with E-state index >= 15 is 0 Å². The summed E-state index contributed by atoms with van der Waals surface area (Å²) < 4.78 is 28.7. The maximum Gasteiger partial charge on any atom is 0.323 e. The third-order valence-corrected chi connectivity index (χ3v) is 4.15. The van der Waals surface area contributed by atoms with Gasteiger partial charge in [0.2, 0.25) is 5.43 Å². The number of carboxylic acid groups (broad SMARTS) is 1. The second kappa shape index (κ2) is 7.03. The Morgan fingerprint density at radius 2 is 2.00 bits per heavy atom. The Labute approximate surface area is 147 Å². The van der Waals surface area contributed by atoms with Crippen LogP contribution in [0, 0.1) is 18.6 Å². The SMILES string of the molecule is Cc1cnc2c(=O)cc(CCc3cccc(F)c3F)n(CC(=O)O)c2c1. The number of halogens is 2. The van der Waals surface area contributed by atoms with Gasteiger partial charge in [-0.15, -0.1) is 0 Å². The highest BCUT2D eigenvalue weighted by molar-refractivity contribution is 5.78. The van der Waals surface area contributed by atoms with Crippen LogP contribution in [-0.4, -0.2) is 20.6 Å². The molecule has 0 aliphatic carbocycles. The molecule has 2 aromatic heterocycles. The van der Waals surface area contributed by atoms with E-state index in [0.29, 0.717) is 11.2 Å². The number of carbonyl (C=O) groups is 1. The monoisotopic (exact) mass is 358 g/mol. The summed E-state index contributed by atoms with van der Waals surface area (Å²) in [4.78, 5) is 27.7. The molecular formula is C19H16F2N2O3. The van der Waals surface area contributed by atoms with Gasteiger partial charge in [-0.2, -0.15) is 0 Å². The topological polar surface area (TPSA) is 72.2 Å². The van der Waals surface area contributed by atoms with E-state index in [2.05, 4.69) is 4.98 Å². The van der Waals surface area contributed by atoms with Crippen molar-refractivity contribution in [2.75, 3.05) is 0 Å². The lowest BCUT2D eigenvalue weighted by Gasteiger charge is -2.15. The van der Waals surface area contributed by atoms with Crippen molar-refractivity contribution >= 4 is 17.0 Å². The molecule has 26 heavy (non-hydrogen) atoms. The molecule has 3 rings (SSSR count). The average molecular weight is 358 g/mol. The minimum absolute atomic E-state index is 0.132. The van der Waals surface area contributed by atoms with Gasteiger partial charge in [0.1, 0.15) is 12.1 Å². The number of nitrogens with zero attached hydrogens (tertiary/aromatic N) is 2. The summed E-state index contributed by atoms with van der Waals surface area (Å²) in [6.45, 7) is 1.43. The molecule has 0 bridgehead atoms. The quantitative estimate of drug-likeness (QED) is 0.761. The summed E-state index contributed by atoms with van der Waals surface area (Å²) in [6, 6.07) is 6.91. The third-order valence-electron chi connectivity index (χ3n) is 4.15. The van der Waals surface area contributed by atoms with Gasteiger partial charge in [-0.05, 0) is 43.0 Å². The molecule has 134 valence electrons. The smallest absolute Gasteiger partial charge is 0.323 e. The molecule has 0 radical (unpaired) electrons. The number of fused-ring (bicyclic) bond motifs is 1. The Kier molecular flexibility index (Phi) is 4.79. The number of aromatic nitrogens is 2. The number of hydrogen-bond donors (Lipinski definition) is 1. The lowest BCUT2D eigenvalue weighted by atomic mass is 10.1. The predicted octanol–water partition coefficient (Wildman–Crippen LogP) is 2.85. The molecule has 5 nitrogen and oxygen atoms in total. The predicted molar refractivity (Wildman–Crippen MR) is 92.1 cm³/mol. The lowest BCUT2D eigenvalue weighted by molar-refractivity contribution is -0.137. The molecule has 0 fully saturated rings.